The predicted octanol–water partition coefficient (Wildman–Crippen LogP) is 0.372. The highest BCUT2D eigenvalue weighted by atomic mass is 32.2. The third-order valence-corrected chi connectivity index (χ3v) is 5.03. The molecule has 0 amide bonds. The summed E-state index contributed by atoms with van der Waals surface area (Å²) in [4.78, 5) is 8.52. The van der Waals surface area contributed by atoms with Gasteiger partial charge in [-0.2, -0.15) is 0 Å². The second kappa shape index (κ2) is 4.03. The van der Waals surface area contributed by atoms with E-state index in [1.54, 1.807) is 6.33 Å². The average Bonchev–Trinajstić information content (AvgIpc) is 2.80. The van der Waals surface area contributed by atoms with Gasteiger partial charge in [-0.15, -0.1) is 0 Å². The maximum absolute atomic E-state index is 11.7. The van der Waals surface area contributed by atoms with E-state index in [-0.39, 0.29) is 17.5 Å². The molecule has 0 saturated carbocycles. The smallest absolute Gasteiger partial charge is 0.154 e. The molecule has 0 aromatic carbocycles. The average molecular weight is 253 g/mol. The van der Waals surface area contributed by atoms with Crippen molar-refractivity contribution in [2.75, 3.05) is 12.3 Å². The van der Waals surface area contributed by atoms with Crippen LogP contribution in [0.1, 0.15) is 35.8 Å². The summed E-state index contributed by atoms with van der Waals surface area (Å²) in [6, 6.07) is 0.208. The van der Waals surface area contributed by atoms with Gasteiger partial charge in [0.15, 0.2) is 9.84 Å². The first-order chi connectivity index (χ1) is 8.16. The van der Waals surface area contributed by atoms with Gasteiger partial charge in [0.2, 0.25) is 0 Å². The fourth-order valence-electron chi connectivity index (χ4n) is 2.60. The second-order valence-corrected chi connectivity index (χ2v) is 6.86. The number of nitrogens with zero attached hydrogens (tertiary/aromatic N) is 2. The number of sulfone groups is 1. The number of nitrogens with one attached hydrogen (secondary N) is 1. The van der Waals surface area contributed by atoms with Crippen molar-refractivity contribution in [3.8, 4) is 0 Å². The van der Waals surface area contributed by atoms with Crippen LogP contribution in [0, 0.1) is 0 Å². The Balaban J connectivity index is 2.05. The normalized spacial score (nSPS) is 26.7. The number of hydrogen-bond acceptors (Lipinski definition) is 5. The predicted molar refractivity (Wildman–Crippen MR) is 63.2 cm³/mol. The second-order valence-electron chi connectivity index (χ2n) is 4.68. The first kappa shape index (κ1) is 11.1. The summed E-state index contributed by atoms with van der Waals surface area (Å²) in [6.45, 7) is 0.982. The van der Waals surface area contributed by atoms with Gasteiger partial charge in [-0.25, -0.2) is 18.4 Å². The Hall–Kier alpha value is -1.01. The summed E-state index contributed by atoms with van der Waals surface area (Å²) in [5.41, 5.74) is 2.66. The summed E-state index contributed by atoms with van der Waals surface area (Å²) in [5, 5.41) is 3.37. The molecule has 1 aromatic rings. The zero-order valence-corrected chi connectivity index (χ0v) is 10.3. The molecule has 1 saturated heterocycles. The van der Waals surface area contributed by atoms with E-state index < -0.39 is 9.84 Å². The molecule has 3 heterocycles. The minimum absolute atomic E-state index is 0.108. The van der Waals surface area contributed by atoms with Crippen molar-refractivity contribution < 1.29 is 8.42 Å². The molecule has 1 aromatic heterocycles. The molecule has 2 aliphatic rings. The fraction of sp³-hybridized carbons (Fsp3) is 0.636. The van der Waals surface area contributed by atoms with Crippen LogP contribution in [0.3, 0.4) is 0 Å². The molecule has 0 radical (unpaired) electrons. The molecule has 2 aliphatic heterocycles. The zero-order valence-electron chi connectivity index (χ0n) is 9.52. The molecule has 3 rings (SSSR count). The third-order valence-electron chi connectivity index (χ3n) is 3.47. The first-order valence-corrected chi connectivity index (χ1v) is 7.74. The van der Waals surface area contributed by atoms with Gasteiger partial charge in [-0.1, -0.05) is 0 Å². The van der Waals surface area contributed by atoms with Crippen molar-refractivity contribution in [3.05, 3.63) is 23.3 Å². The molecule has 1 fully saturated rings. The molecule has 1 atom stereocenters. The van der Waals surface area contributed by atoms with E-state index in [4.69, 9.17) is 0 Å². The molecule has 6 heteroatoms. The van der Waals surface area contributed by atoms with E-state index in [0.717, 1.165) is 36.3 Å². The van der Waals surface area contributed by atoms with Crippen molar-refractivity contribution in [1.82, 2.24) is 15.3 Å². The maximum Gasteiger partial charge on any atom is 0.154 e. The van der Waals surface area contributed by atoms with Crippen LogP contribution >= 0.6 is 0 Å². The number of hydrogen-bond donors (Lipinski definition) is 1. The van der Waals surface area contributed by atoms with Crippen LogP contribution in [0.5, 0.6) is 0 Å². The minimum atomic E-state index is -2.96. The molecule has 1 N–H and O–H groups in total. The van der Waals surface area contributed by atoms with E-state index in [9.17, 15) is 8.42 Å². The van der Waals surface area contributed by atoms with E-state index >= 15 is 0 Å². The van der Waals surface area contributed by atoms with Crippen molar-refractivity contribution in [3.63, 3.8) is 0 Å². The first-order valence-electron chi connectivity index (χ1n) is 5.92. The SMILES string of the molecule is O=S1(=O)CCc2ncnc(C3CCCN3)c2C1. The Morgan fingerprint density at radius 1 is 1.35 bits per heavy atom. The highest BCUT2D eigenvalue weighted by Gasteiger charge is 2.29. The van der Waals surface area contributed by atoms with Gasteiger partial charge < -0.3 is 5.32 Å². The van der Waals surface area contributed by atoms with Gasteiger partial charge in [0, 0.05) is 23.7 Å². The van der Waals surface area contributed by atoms with Crippen LogP contribution in [0.2, 0.25) is 0 Å². The number of aryl methyl sites for hydroxylation is 1. The van der Waals surface area contributed by atoms with Crippen LogP contribution < -0.4 is 5.32 Å². The van der Waals surface area contributed by atoms with Crippen LogP contribution in [0.15, 0.2) is 6.33 Å². The fourth-order valence-corrected chi connectivity index (χ4v) is 4.00. The number of fused-ring (bicyclic) bond motifs is 1. The molecular weight excluding hydrogens is 238 g/mol. The summed E-state index contributed by atoms with van der Waals surface area (Å²) in [5.74, 6) is 0.325. The lowest BCUT2D eigenvalue weighted by Crippen LogP contribution is -2.25. The van der Waals surface area contributed by atoms with Crippen molar-refractivity contribution in [2.45, 2.75) is 31.1 Å². The Kier molecular flexibility index (Phi) is 2.63. The van der Waals surface area contributed by atoms with Gasteiger partial charge in [-0.05, 0) is 19.4 Å². The van der Waals surface area contributed by atoms with E-state index in [1.807, 2.05) is 0 Å². The zero-order chi connectivity index (χ0) is 11.9. The van der Waals surface area contributed by atoms with Gasteiger partial charge in [0.05, 0.1) is 17.2 Å². The van der Waals surface area contributed by atoms with Gasteiger partial charge >= 0.3 is 0 Å². The van der Waals surface area contributed by atoms with E-state index in [1.165, 1.54) is 0 Å². The van der Waals surface area contributed by atoms with Crippen molar-refractivity contribution in [1.29, 1.82) is 0 Å². The Morgan fingerprint density at radius 2 is 2.24 bits per heavy atom. The van der Waals surface area contributed by atoms with E-state index in [0.29, 0.717) is 6.42 Å². The quantitative estimate of drug-likeness (QED) is 0.783. The summed E-state index contributed by atoms with van der Waals surface area (Å²) >= 11 is 0. The summed E-state index contributed by atoms with van der Waals surface area (Å²) < 4.78 is 23.4. The highest BCUT2D eigenvalue weighted by Crippen LogP contribution is 2.29. The Bertz CT molecular complexity index is 536. The van der Waals surface area contributed by atoms with Crippen LogP contribution in [-0.4, -0.2) is 30.7 Å². The Morgan fingerprint density at radius 3 is 3.00 bits per heavy atom. The molecular formula is C11H15N3O2S. The Labute approximate surface area is 101 Å². The molecule has 5 nitrogen and oxygen atoms in total. The van der Waals surface area contributed by atoms with E-state index in [2.05, 4.69) is 15.3 Å². The maximum atomic E-state index is 11.7. The largest absolute Gasteiger partial charge is 0.309 e. The summed E-state index contributed by atoms with van der Waals surface area (Å²) in [6.07, 6.45) is 4.24. The lowest BCUT2D eigenvalue weighted by molar-refractivity contribution is 0.583. The van der Waals surface area contributed by atoms with Gasteiger partial charge in [0.1, 0.15) is 6.33 Å². The van der Waals surface area contributed by atoms with Crippen molar-refractivity contribution >= 4 is 9.84 Å². The van der Waals surface area contributed by atoms with Gasteiger partial charge in [0.25, 0.3) is 0 Å². The van der Waals surface area contributed by atoms with Crippen LogP contribution in [0.25, 0.3) is 0 Å². The van der Waals surface area contributed by atoms with Gasteiger partial charge in [-0.3, -0.25) is 0 Å². The monoisotopic (exact) mass is 253 g/mol. The highest BCUT2D eigenvalue weighted by molar-refractivity contribution is 7.90. The molecule has 0 spiro atoms. The third kappa shape index (κ3) is 2.07. The molecule has 0 aliphatic carbocycles. The lowest BCUT2D eigenvalue weighted by Gasteiger charge is -2.20. The van der Waals surface area contributed by atoms with Crippen molar-refractivity contribution in [2.24, 2.45) is 0 Å². The lowest BCUT2D eigenvalue weighted by atomic mass is 10.0. The minimum Gasteiger partial charge on any atom is -0.309 e. The number of rotatable bonds is 1. The number of aromatic nitrogens is 2. The molecule has 92 valence electrons. The molecule has 17 heavy (non-hydrogen) atoms. The summed E-state index contributed by atoms with van der Waals surface area (Å²) in [7, 11) is -2.96. The standard InChI is InChI=1S/C11H15N3O2S/c15-17(16)5-3-9-8(6-17)11(14-7-13-9)10-2-1-4-12-10/h7,10,12H,1-6H2. The van der Waals surface area contributed by atoms with Crippen LogP contribution in [-0.2, 0) is 22.0 Å². The molecule has 1 unspecified atom stereocenters. The van der Waals surface area contributed by atoms with Crippen LogP contribution in [0.4, 0.5) is 0 Å². The topological polar surface area (TPSA) is 72.0 Å². The molecule has 0 bridgehead atoms.